The van der Waals surface area contributed by atoms with E-state index in [4.69, 9.17) is 11.6 Å². The molecule has 28 heavy (non-hydrogen) atoms. The molecule has 0 saturated heterocycles. The van der Waals surface area contributed by atoms with Crippen molar-refractivity contribution in [1.82, 2.24) is 15.5 Å². The van der Waals surface area contributed by atoms with Crippen molar-refractivity contribution >= 4 is 35.1 Å². The number of thioether (sulfide) groups is 1. The summed E-state index contributed by atoms with van der Waals surface area (Å²) in [5, 5.41) is 15.8. The van der Waals surface area contributed by atoms with Crippen LogP contribution in [0.3, 0.4) is 0 Å². The average molecular weight is 413 g/mol. The van der Waals surface area contributed by atoms with Crippen molar-refractivity contribution in [2.24, 2.45) is 0 Å². The fourth-order valence-electron chi connectivity index (χ4n) is 2.38. The highest BCUT2D eigenvalue weighted by Crippen LogP contribution is 2.16. The highest BCUT2D eigenvalue weighted by molar-refractivity contribution is 7.99. The Morgan fingerprint density at radius 2 is 1.61 bits per heavy atom. The zero-order valence-corrected chi connectivity index (χ0v) is 17.1. The number of hydrogen-bond acceptors (Lipinski definition) is 5. The number of anilines is 1. The number of aromatic nitrogens is 2. The molecule has 0 aliphatic heterocycles. The SMILES string of the molecule is Cc1ccc(CNc2ccc(SCC(=O)NCc3ccc(Cl)cc3)nn2)cc1. The molecule has 7 heteroatoms. The molecule has 2 N–H and O–H groups in total. The molecule has 1 amide bonds. The van der Waals surface area contributed by atoms with Crippen LogP contribution in [0.1, 0.15) is 16.7 Å². The third-order valence-corrected chi connectivity index (χ3v) is 5.16. The number of nitrogens with one attached hydrogen (secondary N) is 2. The molecule has 0 aliphatic rings. The van der Waals surface area contributed by atoms with Crippen molar-refractivity contribution in [3.8, 4) is 0 Å². The average Bonchev–Trinajstić information content (AvgIpc) is 2.72. The molecule has 1 aromatic heterocycles. The predicted octanol–water partition coefficient (Wildman–Crippen LogP) is 4.46. The Hall–Kier alpha value is -2.57. The lowest BCUT2D eigenvalue weighted by Gasteiger charge is -2.07. The lowest BCUT2D eigenvalue weighted by molar-refractivity contribution is -0.118. The summed E-state index contributed by atoms with van der Waals surface area (Å²) in [5.41, 5.74) is 3.43. The van der Waals surface area contributed by atoms with Gasteiger partial charge in [0.15, 0.2) is 0 Å². The van der Waals surface area contributed by atoms with Gasteiger partial charge < -0.3 is 10.6 Å². The molecule has 0 bridgehead atoms. The smallest absolute Gasteiger partial charge is 0.230 e. The molecule has 0 spiro atoms. The molecule has 0 fully saturated rings. The van der Waals surface area contributed by atoms with Crippen LogP contribution in [0, 0.1) is 6.92 Å². The molecular weight excluding hydrogens is 392 g/mol. The highest BCUT2D eigenvalue weighted by Gasteiger charge is 2.05. The second-order valence-corrected chi connectivity index (χ2v) is 7.72. The maximum Gasteiger partial charge on any atom is 0.230 e. The van der Waals surface area contributed by atoms with Gasteiger partial charge in [-0.15, -0.1) is 10.2 Å². The molecule has 1 heterocycles. The maximum atomic E-state index is 12.0. The maximum absolute atomic E-state index is 12.0. The molecule has 3 rings (SSSR count). The number of carbonyl (C=O) groups excluding carboxylic acids is 1. The van der Waals surface area contributed by atoms with Gasteiger partial charge in [-0.05, 0) is 42.3 Å². The first-order valence-electron chi connectivity index (χ1n) is 8.85. The Bertz CT molecular complexity index is 899. The van der Waals surface area contributed by atoms with Crippen LogP contribution in [0.15, 0.2) is 65.7 Å². The van der Waals surface area contributed by atoms with Crippen LogP contribution in [-0.4, -0.2) is 21.9 Å². The lowest BCUT2D eigenvalue weighted by Crippen LogP contribution is -2.24. The van der Waals surface area contributed by atoms with Crippen LogP contribution in [0.2, 0.25) is 5.02 Å². The summed E-state index contributed by atoms with van der Waals surface area (Å²) in [4.78, 5) is 12.0. The fraction of sp³-hybridized carbons (Fsp3) is 0.190. The molecular formula is C21H21ClN4OS. The minimum atomic E-state index is -0.0525. The van der Waals surface area contributed by atoms with Gasteiger partial charge in [0.1, 0.15) is 10.8 Å². The van der Waals surface area contributed by atoms with Crippen LogP contribution in [0.4, 0.5) is 5.82 Å². The van der Waals surface area contributed by atoms with Gasteiger partial charge in [-0.25, -0.2) is 0 Å². The number of aryl methyl sites for hydroxylation is 1. The first kappa shape index (κ1) is 20.2. The Balaban J connectivity index is 1.40. The van der Waals surface area contributed by atoms with Gasteiger partial charge in [-0.1, -0.05) is 65.3 Å². The van der Waals surface area contributed by atoms with E-state index in [1.54, 1.807) is 0 Å². The molecule has 2 aromatic carbocycles. The minimum Gasteiger partial charge on any atom is -0.365 e. The van der Waals surface area contributed by atoms with Gasteiger partial charge in [-0.2, -0.15) is 0 Å². The largest absolute Gasteiger partial charge is 0.365 e. The van der Waals surface area contributed by atoms with Gasteiger partial charge in [-0.3, -0.25) is 4.79 Å². The number of carbonyl (C=O) groups is 1. The second kappa shape index (κ2) is 10.1. The van der Waals surface area contributed by atoms with Crippen molar-refractivity contribution in [1.29, 1.82) is 0 Å². The summed E-state index contributed by atoms with van der Waals surface area (Å²) in [6.07, 6.45) is 0. The second-order valence-electron chi connectivity index (χ2n) is 6.29. The molecule has 0 saturated carbocycles. The standard InChI is InChI=1S/C21H21ClN4OS/c1-15-2-4-16(5-3-15)12-23-19-10-11-21(26-25-19)28-14-20(27)24-13-17-6-8-18(22)9-7-17/h2-11H,12-14H2,1H3,(H,23,25)(H,24,27). The number of hydrogen-bond donors (Lipinski definition) is 2. The Morgan fingerprint density at radius 1 is 0.929 bits per heavy atom. The lowest BCUT2D eigenvalue weighted by atomic mass is 10.1. The van der Waals surface area contributed by atoms with E-state index >= 15 is 0 Å². The molecule has 0 unspecified atom stereocenters. The van der Waals surface area contributed by atoms with Gasteiger partial charge in [0.05, 0.1) is 5.75 Å². The van der Waals surface area contributed by atoms with E-state index in [9.17, 15) is 4.79 Å². The zero-order chi connectivity index (χ0) is 19.8. The Kier molecular flexibility index (Phi) is 7.28. The van der Waals surface area contributed by atoms with Crippen LogP contribution in [0.5, 0.6) is 0 Å². The van der Waals surface area contributed by atoms with E-state index in [0.29, 0.717) is 34.7 Å². The van der Waals surface area contributed by atoms with E-state index in [-0.39, 0.29) is 5.91 Å². The van der Waals surface area contributed by atoms with E-state index in [1.165, 1.54) is 22.9 Å². The highest BCUT2D eigenvalue weighted by atomic mass is 35.5. The van der Waals surface area contributed by atoms with E-state index in [1.807, 2.05) is 36.4 Å². The van der Waals surface area contributed by atoms with E-state index in [2.05, 4.69) is 52.0 Å². The monoisotopic (exact) mass is 412 g/mol. The van der Waals surface area contributed by atoms with Crippen molar-refractivity contribution in [3.63, 3.8) is 0 Å². The summed E-state index contributed by atoms with van der Waals surface area (Å²) in [6, 6.07) is 19.5. The molecule has 5 nitrogen and oxygen atoms in total. The quantitative estimate of drug-likeness (QED) is 0.535. The van der Waals surface area contributed by atoms with Crippen molar-refractivity contribution in [2.75, 3.05) is 11.1 Å². The summed E-state index contributed by atoms with van der Waals surface area (Å²) < 4.78 is 0. The number of nitrogens with zero attached hydrogens (tertiary/aromatic N) is 2. The van der Waals surface area contributed by atoms with Crippen molar-refractivity contribution in [3.05, 3.63) is 82.4 Å². The summed E-state index contributed by atoms with van der Waals surface area (Å²) >= 11 is 7.21. The first-order chi connectivity index (χ1) is 13.6. The zero-order valence-electron chi connectivity index (χ0n) is 15.5. The first-order valence-corrected chi connectivity index (χ1v) is 10.2. The van der Waals surface area contributed by atoms with E-state index < -0.39 is 0 Å². The van der Waals surface area contributed by atoms with Crippen molar-refractivity contribution in [2.45, 2.75) is 25.0 Å². The Labute approximate surface area is 173 Å². The molecule has 144 valence electrons. The number of rotatable bonds is 8. The molecule has 0 radical (unpaired) electrons. The number of benzene rings is 2. The van der Waals surface area contributed by atoms with Gasteiger partial charge in [0.25, 0.3) is 0 Å². The van der Waals surface area contributed by atoms with Crippen LogP contribution in [0.25, 0.3) is 0 Å². The summed E-state index contributed by atoms with van der Waals surface area (Å²) in [7, 11) is 0. The summed E-state index contributed by atoms with van der Waals surface area (Å²) in [6.45, 7) is 3.23. The fourth-order valence-corrected chi connectivity index (χ4v) is 3.15. The van der Waals surface area contributed by atoms with Gasteiger partial charge in [0.2, 0.25) is 5.91 Å². The molecule has 0 atom stereocenters. The number of halogens is 1. The predicted molar refractivity (Wildman–Crippen MR) is 115 cm³/mol. The topological polar surface area (TPSA) is 66.9 Å². The third kappa shape index (κ3) is 6.55. The Morgan fingerprint density at radius 3 is 2.29 bits per heavy atom. The van der Waals surface area contributed by atoms with Crippen LogP contribution in [-0.2, 0) is 17.9 Å². The van der Waals surface area contributed by atoms with Crippen molar-refractivity contribution < 1.29 is 4.79 Å². The minimum absolute atomic E-state index is 0.0525. The van der Waals surface area contributed by atoms with Gasteiger partial charge in [0, 0.05) is 18.1 Å². The van der Waals surface area contributed by atoms with Crippen LogP contribution < -0.4 is 10.6 Å². The molecule has 0 aliphatic carbocycles. The number of amides is 1. The van der Waals surface area contributed by atoms with Crippen LogP contribution >= 0.6 is 23.4 Å². The van der Waals surface area contributed by atoms with E-state index in [0.717, 1.165) is 5.56 Å². The molecule has 3 aromatic rings. The third-order valence-electron chi connectivity index (χ3n) is 3.99. The summed E-state index contributed by atoms with van der Waals surface area (Å²) in [5.74, 6) is 0.943. The normalized spacial score (nSPS) is 10.5. The van der Waals surface area contributed by atoms with Gasteiger partial charge >= 0.3 is 0 Å².